The second-order valence-electron chi connectivity index (χ2n) is 4.86. The summed E-state index contributed by atoms with van der Waals surface area (Å²) in [4.78, 5) is 16.4. The van der Waals surface area contributed by atoms with Crippen LogP contribution in [0, 0.1) is 0 Å². The fraction of sp³-hybridized carbons (Fsp3) is 0.917. The fourth-order valence-corrected chi connectivity index (χ4v) is 2.67. The first-order chi connectivity index (χ1) is 7.81. The van der Waals surface area contributed by atoms with Crippen LogP contribution in [0.25, 0.3) is 0 Å². The molecule has 16 heavy (non-hydrogen) atoms. The lowest BCUT2D eigenvalue weighted by molar-refractivity contribution is -0.129. The Kier molecular flexibility index (Phi) is 4.18. The van der Waals surface area contributed by atoms with Crippen molar-refractivity contribution in [3.8, 4) is 0 Å². The molecule has 4 nitrogen and oxygen atoms in total. The van der Waals surface area contributed by atoms with Crippen LogP contribution in [-0.2, 0) is 4.79 Å². The van der Waals surface area contributed by atoms with Gasteiger partial charge in [-0.1, -0.05) is 6.42 Å². The van der Waals surface area contributed by atoms with Gasteiger partial charge in [0.1, 0.15) is 0 Å². The van der Waals surface area contributed by atoms with Gasteiger partial charge < -0.3 is 15.1 Å². The predicted octanol–water partition coefficient (Wildman–Crippen LogP) is 0.293. The highest BCUT2D eigenvalue weighted by atomic mass is 16.2. The molecule has 2 saturated heterocycles. The van der Waals surface area contributed by atoms with Crippen molar-refractivity contribution in [2.45, 2.75) is 31.7 Å². The van der Waals surface area contributed by atoms with Crippen molar-refractivity contribution in [3.63, 3.8) is 0 Å². The summed E-state index contributed by atoms with van der Waals surface area (Å²) in [5, 5.41) is 3.08. The van der Waals surface area contributed by atoms with Crippen LogP contribution in [0.5, 0.6) is 0 Å². The molecule has 2 heterocycles. The lowest BCUT2D eigenvalue weighted by Gasteiger charge is -2.28. The van der Waals surface area contributed by atoms with Gasteiger partial charge in [-0.05, 0) is 39.4 Å². The van der Waals surface area contributed by atoms with E-state index in [0.717, 1.165) is 26.1 Å². The van der Waals surface area contributed by atoms with Crippen LogP contribution in [0.3, 0.4) is 0 Å². The number of carbonyl (C=O) groups is 1. The van der Waals surface area contributed by atoms with Crippen LogP contribution >= 0.6 is 0 Å². The molecule has 2 aliphatic heterocycles. The molecular weight excluding hydrogens is 202 g/mol. The van der Waals surface area contributed by atoms with Crippen LogP contribution in [-0.4, -0.2) is 61.5 Å². The fourth-order valence-electron chi connectivity index (χ4n) is 2.67. The molecule has 0 aromatic carbocycles. The maximum atomic E-state index is 11.9. The van der Waals surface area contributed by atoms with Gasteiger partial charge in [0.15, 0.2) is 0 Å². The van der Waals surface area contributed by atoms with E-state index in [1.54, 1.807) is 0 Å². The lowest BCUT2D eigenvalue weighted by Crippen LogP contribution is -2.41. The zero-order valence-electron chi connectivity index (χ0n) is 10.2. The van der Waals surface area contributed by atoms with Crippen LogP contribution in [0.2, 0.25) is 0 Å². The van der Waals surface area contributed by atoms with Gasteiger partial charge in [0.25, 0.3) is 0 Å². The van der Waals surface area contributed by atoms with Crippen molar-refractivity contribution in [3.05, 3.63) is 0 Å². The Balaban J connectivity index is 1.71. The third kappa shape index (κ3) is 2.74. The minimum Gasteiger partial charge on any atom is -0.340 e. The van der Waals surface area contributed by atoms with Crippen molar-refractivity contribution in [1.82, 2.24) is 15.1 Å². The molecule has 2 aliphatic rings. The van der Waals surface area contributed by atoms with E-state index in [2.05, 4.69) is 10.2 Å². The van der Waals surface area contributed by atoms with Gasteiger partial charge in [-0.2, -0.15) is 0 Å². The number of nitrogens with one attached hydrogen (secondary N) is 1. The van der Waals surface area contributed by atoms with Gasteiger partial charge in [0, 0.05) is 19.6 Å². The summed E-state index contributed by atoms with van der Waals surface area (Å²) in [5.41, 5.74) is 0. The molecule has 2 fully saturated rings. The van der Waals surface area contributed by atoms with Gasteiger partial charge >= 0.3 is 0 Å². The number of hydrogen-bond acceptors (Lipinski definition) is 3. The summed E-state index contributed by atoms with van der Waals surface area (Å²) in [6, 6.07) is 0.0707. The quantitative estimate of drug-likeness (QED) is 0.747. The van der Waals surface area contributed by atoms with E-state index in [0.29, 0.717) is 5.91 Å². The second-order valence-corrected chi connectivity index (χ2v) is 4.86. The van der Waals surface area contributed by atoms with Gasteiger partial charge in [-0.3, -0.25) is 4.79 Å². The maximum absolute atomic E-state index is 11.9. The maximum Gasteiger partial charge on any atom is 0.239 e. The molecule has 0 aromatic rings. The molecule has 0 spiro atoms. The molecule has 0 aliphatic carbocycles. The Labute approximate surface area is 98.0 Å². The monoisotopic (exact) mass is 225 g/mol. The second kappa shape index (κ2) is 5.64. The number of amides is 1. The largest absolute Gasteiger partial charge is 0.340 e. The topological polar surface area (TPSA) is 35.6 Å². The van der Waals surface area contributed by atoms with Crippen molar-refractivity contribution < 1.29 is 4.79 Å². The Morgan fingerprint density at radius 2 is 1.94 bits per heavy atom. The summed E-state index contributed by atoms with van der Waals surface area (Å²) in [7, 11) is 1.87. The zero-order chi connectivity index (χ0) is 11.4. The molecule has 0 bridgehead atoms. The smallest absolute Gasteiger partial charge is 0.239 e. The molecule has 2 rings (SSSR count). The normalized spacial score (nSPS) is 27.7. The summed E-state index contributed by atoms with van der Waals surface area (Å²) in [6.45, 7) is 5.34. The van der Waals surface area contributed by atoms with Gasteiger partial charge in [-0.25, -0.2) is 0 Å². The molecule has 0 aromatic heterocycles. The number of rotatable bonds is 4. The molecule has 0 saturated carbocycles. The highest BCUT2D eigenvalue weighted by Gasteiger charge is 2.30. The molecule has 1 atom stereocenters. The summed E-state index contributed by atoms with van der Waals surface area (Å²) in [5.74, 6) is 0.291. The van der Waals surface area contributed by atoms with E-state index in [9.17, 15) is 4.79 Å². The summed E-state index contributed by atoms with van der Waals surface area (Å²) in [6.07, 6.45) is 5.00. The molecule has 1 amide bonds. The minimum atomic E-state index is 0.0707. The van der Waals surface area contributed by atoms with Crippen molar-refractivity contribution in [2.24, 2.45) is 0 Å². The number of carbonyl (C=O) groups excluding carboxylic acids is 1. The summed E-state index contributed by atoms with van der Waals surface area (Å²) < 4.78 is 0. The zero-order valence-corrected chi connectivity index (χ0v) is 10.2. The molecule has 92 valence electrons. The average molecular weight is 225 g/mol. The molecule has 4 heteroatoms. The number of likely N-dealkylation sites (tertiary alicyclic amines) is 2. The molecule has 0 radical (unpaired) electrons. The number of likely N-dealkylation sites (N-methyl/N-ethyl adjacent to an activating group) is 1. The van der Waals surface area contributed by atoms with Crippen molar-refractivity contribution >= 4 is 5.91 Å². The molecule has 1 unspecified atom stereocenters. The Hall–Kier alpha value is -0.610. The average Bonchev–Trinajstić information content (AvgIpc) is 2.69. The number of hydrogen-bond donors (Lipinski definition) is 1. The van der Waals surface area contributed by atoms with E-state index >= 15 is 0 Å². The molecule has 1 N–H and O–H groups in total. The van der Waals surface area contributed by atoms with E-state index in [1.165, 1.54) is 32.4 Å². The van der Waals surface area contributed by atoms with E-state index in [4.69, 9.17) is 0 Å². The number of nitrogens with zero attached hydrogens (tertiary/aromatic N) is 2. The first kappa shape index (κ1) is 11.9. The third-order valence-corrected chi connectivity index (χ3v) is 3.78. The number of piperidine rings is 1. The highest BCUT2D eigenvalue weighted by molar-refractivity contribution is 5.83. The van der Waals surface area contributed by atoms with Crippen molar-refractivity contribution in [2.75, 3.05) is 39.8 Å². The Morgan fingerprint density at radius 1 is 1.19 bits per heavy atom. The van der Waals surface area contributed by atoms with Crippen molar-refractivity contribution in [1.29, 1.82) is 0 Å². The SMILES string of the molecule is CNC1CCN(CCN2CCCCC2)C1=O. The highest BCUT2D eigenvalue weighted by Crippen LogP contribution is 2.12. The van der Waals surface area contributed by atoms with E-state index in [-0.39, 0.29) is 6.04 Å². The van der Waals surface area contributed by atoms with Crippen LogP contribution < -0.4 is 5.32 Å². The minimum absolute atomic E-state index is 0.0707. The molecular formula is C12H23N3O. The van der Waals surface area contributed by atoms with Crippen LogP contribution in [0.1, 0.15) is 25.7 Å². The van der Waals surface area contributed by atoms with Gasteiger partial charge in [-0.15, -0.1) is 0 Å². The summed E-state index contributed by atoms with van der Waals surface area (Å²) >= 11 is 0. The Bertz CT molecular complexity index is 238. The van der Waals surface area contributed by atoms with Gasteiger partial charge in [0.05, 0.1) is 6.04 Å². The standard InChI is InChI=1S/C12H23N3O/c1-13-11-5-8-15(12(11)16)10-9-14-6-3-2-4-7-14/h11,13H,2-10H2,1H3. The Morgan fingerprint density at radius 3 is 2.56 bits per heavy atom. The first-order valence-corrected chi connectivity index (χ1v) is 6.49. The van der Waals surface area contributed by atoms with Crippen LogP contribution in [0.15, 0.2) is 0 Å². The third-order valence-electron chi connectivity index (χ3n) is 3.78. The predicted molar refractivity (Wildman–Crippen MR) is 64.3 cm³/mol. The lowest BCUT2D eigenvalue weighted by atomic mass is 10.1. The van der Waals surface area contributed by atoms with E-state index in [1.807, 2.05) is 11.9 Å². The van der Waals surface area contributed by atoms with E-state index < -0.39 is 0 Å². The van der Waals surface area contributed by atoms with Crippen LogP contribution in [0.4, 0.5) is 0 Å². The van der Waals surface area contributed by atoms with Gasteiger partial charge in [0.2, 0.25) is 5.91 Å². The first-order valence-electron chi connectivity index (χ1n) is 6.49.